The number of ether oxygens (including phenoxy) is 2. The number of halogens is 1. The molecule has 0 bridgehead atoms. The number of hydrogen-bond donors (Lipinski definition) is 2. The van der Waals surface area contributed by atoms with Crippen LogP contribution in [0, 0.1) is 12.7 Å². The smallest absolute Gasteiger partial charge is 0.270 e. The summed E-state index contributed by atoms with van der Waals surface area (Å²) in [7, 11) is 3.12. The van der Waals surface area contributed by atoms with Crippen molar-refractivity contribution < 1.29 is 18.7 Å². The van der Waals surface area contributed by atoms with Crippen molar-refractivity contribution in [2.75, 3.05) is 19.5 Å². The maximum atomic E-state index is 13.0. The fourth-order valence-electron chi connectivity index (χ4n) is 2.65. The molecule has 1 heterocycles. The van der Waals surface area contributed by atoms with Crippen LogP contribution in [0.2, 0.25) is 0 Å². The molecule has 0 unspecified atom stereocenters. The summed E-state index contributed by atoms with van der Waals surface area (Å²) < 4.78 is 23.6. The molecular weight excluding hydrogens is 375 g/mol. The summed E-state index contributed by atoms with van der Waals surface area (Å²) >= 11 is 0. The zero-order valence-corrected chi connectivity index (χ0v) is 16.3. The van der Waals surface area contributed by atoms with Crippen LogP contribution in [0.1, 0.15) is 21.7 Å². The van der Waals surface area contributed by atoms with Gasteiger partial charge in [-0.1, -0.05) is 12.1 Å². The largest absolute Gasteiger partial charge is 0.497 e. The molecule has 0 aliphatic carbocycles. The van der Waals surface area contributed by atoms with Crippen molar-refractivity contribution in [3.8, 4) is 11.5 Å². The van der Waals surface area contributed by atoms with Crippen LogP contribution >= 0.6 is 0 Å². The fraction of sp³-hybridized carbons (Fsp3) is 0.190. The van der Waals surface area contributed by atoms with Gasteiger partial charge in [0.25, 0.3) is 5.91 Å². The van der Waals surface area contributed by atoms with Crippen LogP contribution in [-0.4, -0.2) is 30.1 Å². The maximum absolute atomic E-state index is 13.0. The van der Waals surface area contributed by atoms with E-state index in [-0.39, 0.29) is 29.9 Å². The van der Waals surface area contributed by atoms with Crippen molar-refractivity contribution in [3.63, 3.8) is 0 Å². The predicted octanol–water partition coefficient (Wildman–Crippen LogP) is 3.61. The molecule has 0 radical (unpaired) electrons. The number of carbonyl (C=O) groups excluding carboxylic acids is 1. The third kappa shape index (κ3) is 5.19. The lowest BCUT2D eigenvalue weighted by Gasteiger charge is -2.13. The predicted molar refractivity (Wildman–Crippen MR) is 107 cm³/mol. The summed E-state index contributed by atoms with van der Waals surface area (Å²) in [5.74, 6) is 0.788. The minimum Gasteiger partial charge on any atom is -0.497 e. The average Bonchev–Trinajstić information content (AvgIpc) is 2.72. The van der Waals surface area contributed by atoms with Gasteiger partial charge < -0.3 is 20.1 Å². The lowest BCUT2D eigenvalue weighted by molar-refractivity contribution is 0.0945. The molecule has 0 saturated carbocycles. The van der Waals surface area contributed by atoms with Crippen LogP contribution < -0.4 is 20.1 Å². The first-order valence-corrected chi connectivity index (χ1v) is 8.86. The van der Waals surface area contributed by atoms with Gasteiger partial charge in [-0.15, -0.1) is 0 Å². The number of amides is 1. The summed E-state index contributed by atoms with van der Waals surface area (Å²) in [6.45, 7) is 2.03. The van der Waals surface area contributed by atoms with E-state index in [2.05, 4.69) is 20.6 Å². The molecule has 3 rings (SSSR count). The Balaban J connectivity index is 1.77. The van der Waals surface area contributed by atoms with E-state index in [0.29, 0.717) is 22.9 Å². The molecule has 7 nitrogen and oxygen atoms in total. The summed E-state index contributed by atoms with van der Waals surface area (Å²) in [5, 5.41) is 5.84. The summed E-state index contributed by atoms with van der Waals surface area (Å²) in [6.07, 6.45) is 0. The molecule has 0 aliphatic heterocycles. The first kappa shape index (κ1) is 20.1. The van der Waals surface area contributed by atoms with Crippen molar-refractivity contribution in [1.29, 1.82) is 0 Å². The van der Waals surface area contributed by atoms with Gasteiger partial charge >= 0.3 is 0 Å². The Hall–Kier alpha value is -3.68. The third-order valence-corrected chi connectivity index (χ3v) is 4.11. The Bertz CT molecular complexity index is 1010. The highest BCUT2D eigenvalue weighted by atomic mass is 19.1. The number of aromatic nitrogens is 2. The number of anilines is 2. The van der Waals surface area contributed by atoms with E-state index in [1.165, 1.54) is 12.1 Å². The molecule has 1 amide bonds. The molecule has 3 aromatic rings. The number of carbonyl (C=O) groups is 1. The first-order chi connectivity index (χ1) is 14.0. The molecule has 0 fully saturated rings. The third-order valence-electron chi connectivity index (χ3n) is 4.11. The molecule has 1 aromatic heterocycles. The van der Waals surface area contributed by atoms with Gasteiger partial charge in [-0.25, -0.2) is 14.4 Å². The standard InChI is InChI=1S/C21H21FN4O3/c1-13-10-18(20(27)23-12-14-4-6-15(22)7-5-14)26-21(24-13)25-17-11-16(28-2)8-9-19(17)29-3/h4-11H,12H2,1-3H3,(H,23,27)(H,24,25,26). The number of rotatable bonds is 7. The molecule has 0 spiro atoms. The van der Waals surface area contributed by atoms with E-state index in [4.69, 9.17) is 9.47 Å². The van der Waals surface area contributed by atoms with Crippen LogP contribution in [0.5, 0.6) is 11.5 Å². The Morgan fingerprint density at radius 1 is 1.03 bits per heavy atom. The topological polar surface area (TPSA) is 85.4 Å². The Morgan fingerprint density at radius 3 is 2.48 bits per heavy atom. The van der Waals surface area contributed by atoms with E-state index in [1.54, 1.807) is 57.5 Å². The zero-order valence-electron chi connectivity index (χ0n) is 16.3. The van der Waals surface area contributed by atoms with Crippen LogP contribution in [0.25, 0.3) is 0 Å². The quantitative estimate of drug-likeness (QED) is 0.635. The highest BCUT2D eigenvalue weighted by Gasteiger charge is 2.13. The number of methoxy groups -OCH3 is 2. The molecule has 2 aromatic carbocycles. The molecule has 8 heteroatoms. The fourth-order valence-corrected chi connectivity index (χ4v) is 2.65. The van der Waals surface area contributed by atoms with Crippen molar-refractivity contribution in [2.24, 2.45) is 0 Å². The minimum absolute atomic E-state index is 0.212. The van der Waals surface area contributed by atoms with Crippen LogP contribution in [0.15, 0.2) is 48.5 Å². The highest BCUT2D eigenvalue weighted by molar-refractivity contribution is 5.92. The lowest BCUT2D eigenvalue weighted by atomic mass is 10.2. The van der Waals surface area contributed by atoms with Gasteiger partial charge in [-0.05, 0) is 42.8 Å². The molecule has 150 valence electrons. The number of nitrogens with one attached hydrogen (secondary N) is 2. The van der Waals surface area contributed by atoms with Gasteiger partial charge in [0.05, 0.1) is 19.9 Å². The molecule has 29 heavy (non-hydrogen) atoms. The second-order valence-corrected chi connectivity index (χ2v) is 6.22. The van der Waals surface area contributed by atoms with Crippen LogP contribution in [-0.2, 0) is 6.54 Å². The second-order valence-electron chi connectivity index (χ2n) is 6.22. The first-order valence-electron chi connectivity index (χ1n) is 8.86. The van der Waals surface area contributed by atoms with Gasteiger partial charge in [0.2, 0.25) is 5.95 Å². The molecule has 0 saturated heterocycles. The van der Waals surface area contributed by atoms with Gasteiger partial charge in [0, 0.05) is 18.3 Å². The number of nitrogens with zero attached hydrogens (tertiary/aromatic N) is 2. The summed E-state index contributed by atoms with van der Waals surface area (Å²) in [5.41, 5.74) is 2.22. The second kappa shape index (κ2) is 9.01. The monoisotopic (exact) mass is 396 g/mol. The molecule has 2 N–H and O–H groups in total. The molecule has 0 aliphatic rings. The maximum Gasteiger partial charge on any atom is 0.270 e. The van der Waals surface area contributed by atoms with Gasteiger partial charge in [-0.2, -0.15) is 0 Å². The van der Waals surface area contributed by atoms with E-state index >= 15 is 0 Å². The van der Waals surface area contributed by atoms with Crippen LogP contribution in [0.4, 0.5) is 16.0 Å². The summed E-state index contributed by atoms with van der Waals surface area (Å²) in [6, 6.07) is 12.8. The number of aryl methyl sites for hydroxylation is 1. The van der Waals surface area contributed by atoms with E-state index in [0.717, 1.165) is 5.56 Å². The number of benzene rings is 2. The number of hydrogen-bond acceptors (Lipinski definition) is 6. The highest BCUT2D eigenvalue weighted by Crippen LogP contribution is 2.30. The zero-order chi connectivity index (χ0) is 20.8. The molecule has 0 atom stereocenters. The normalized spacial score (nSPS) is 10.3. The van der Waals surface area contributed by atoms with Gasteiger partial charge in [-0.3, -0.25) is 4.79 Å². The minimum atomic E-state index is -0.361. The SMILES string of the molecule is COc1ccc(OC)c(Nc2nc(C)cc(C(=O)NCc3ccc(F)cc3)n2)c1. The van der Waals surface area contributed by atoms with Crippen molar-refractivity contribution in [3.05, 3.63) is 71.3 Å². The van der Waals surface area contributed by atoms with Crippen molar-refractivity contribution >= 4 is 17.5 Å². The summed E-state index contributed by atoms with van der Waals surface area (Å²) in [4.78, 5) is 21.1. The van der Waals surface area contributed by atoms with E-state index in [1.807, 2.05) is 0 Å². The van der Waals surface area contributed by atoms with Gasteiger partial charge in [0.15, 0.2) is 0 Å². The Labute approximate surface area is 167 Å². The van der Waals surface area contributed by atoms with Crippen molar-refractivity contribution in [2.45, 2.75) is 13.5 Å². The molecular formula is C21H21FN4O3. The van der Waals surface area contributed by atoms with Crippen LogP contribution in [0.3, 0.4) is 0 Å². The Kier molecular flexibility index (Phi) is 6.23. The van der Waals surface area contributed by atoms with Crippen molar-refractivity contribution in [1.82, 2.24) is 15.3 Å². The lowest BCUT2D eigenvalue weighted by Crippen LogP contribution is -2.24. The Morgan fingerprint density at radius 2 is 1.79 bits per heavy atom. The average molecular weight is 396 g/mol. The van der Waals surface area contributed by atoms with E-state index < -0.39 is 0 Å². The van der Waals surface area contributed by atoms with Gasteiger partial charge in [0.1, 0.15) is 23.0 Å². The van der Waals surface area contributed by atoms with E-state index in [9.17, 15) is 9.18 Å².